The van der Waals surface area contributed by atoms with E-state index in [4.69, 9.17) is 9.47 Å². The van der Waals surface area contributed by atoms with Gasteiger partial charge in [0.05, 0.1) is 5.92 Å². The van der Waals surface area contributed by atoms with Crippen LogP contribution in [-0.2, 0) is 27.1 Å². The number of hydrogen-bond donors (Lipinski definition) is 0. The molecule has 1 aliphatic carbocycles. The molecule has 0 N–H and O–H groups in total. The molecule has 1 aliphatic heterocycles. The summed E-state index contributed by atoms with van der Waals surface area (Å²) in [4.78, 5) is 38.6. The number of aryl methyl sites for hydroxylation is 2. The number of carbonyl (C=O) groups excluding carboxylic acids is 3. The van der Waals surface area contributed by atoms with Crippen molar-refractivity contribution in [2.24, 2.45) is 5.92 Å². The zero-order valence-corrected chi connectivity index (χ0v) is 17.0. The molecule has 0 radical (unpaired) electrons. The number of fused-ring (bicyclic) bond motifs is 1. The van der Waals surface area contributed by atoms with Crippen molar-refractivity contribution in [1.29, 1.82) is 0 Å². The van der Waals surface area contributed by atoms with Crippen LogP contribution in [0.5, 0.6) is 0 Å². The average Bonchev–Trinajstić information content (AvgIpc) is 3.12. The Labute approximate surface area is 166 Å². The van der Waals surface area contributed by atoms with E-state index in [0.29, 0.717) is 24.9 Å². The maximum Gasteiger partial charge on any atom is 0.410 e. The van der Waals surface area contributed by atoms with Gasteiger partial charge < -0.3 is 14.4 Å². The third-order valence-electron chi connectivity index (χ3n) is 5.17. The Morgan fingerprint density at radius 3 is 2.61 bits per heavy atom. The molecule has 0 spiro atoms. The molecule has 152 valence electrons. The number of piperidine rings is 1. The van der Waals surface area contributed by atoms with Crippen LogP contribution >= 0.6 is 0 Å². The normalized spacial score (nSPS) is 19.1. The molecular formula is C22H29NO5. The third-order valence-corrected chi connectivity index (χ3v) is 5.17. The Hall–Kier alpha value is -2.37. The van der Waals surface area contributed by atoms with Crippen LogP contribution in [-0.4, -0.2) is 48.0 Å². The van der Waals surface area contributed by atoms with Gasteiger partial charge in [0.1, 0.15) is 5.60 Å². The maximum absolute atomic E-state index is 12.4. The first-order valence-corrected chi connectivity index (χ1v) is 10.0. The highest BCUT2D eigenvalue weighted by Crippen LogP contribution is 2.24. The molecule has 1 saturated heterocycles. The summed E-state index contributed by atoms with van der Waals surface area (Å²) in [5.74, 6) is -1.04. The van der Waals surface area contributed by atoms with Crippen molar-refractivity contribution in [3.05, 3.63) is 34.9 Å². The number of rotatable bonds is 4. The molecule has 1 amide bonds. The van der Waals surface area contributed by atoms with Gasteiger partial charge >= 0.3 is 12.1 Å². The zero-order chi connectivity index (χ0) is 20.3. The monoisotopic (exact) mass is 387 g/mol. The van der Waals surface area contributed by atoms with Crippen LogP contribution < -0.4 is 0 Å². The Morgan fingerprint density at radius 2 is 1.86 bits per heavy atom. The van der Waals surface area contributed by atoms with Crippen LogP contribution in [0.25, 0.3) is 0 Å². The van der Waals surface area contributed by atoms with Crippen LogP contribution in [0.2, 0.25) is 0 Å². The van der Waals surface area contributed by atoms with Crippen molar-refractivity contribution in [2.75, 3.05) is 19.7 Å². The summed E-state index contributed by atoms with van der Waals surface area (Å²) in [7, 11) is 0. The highest BCUT2D eigenvalue weighted by molar-refractivity contribution is 5.98. The second-order valence-corrected chi connectivity index (χ2v) is 8.63. The molecule has 0 aromatic heterocycles. The third kappa shape index (κ3) is 5.12. The fourth-order valence-corrected chi connectivity index (χ4v) is 3.74. The Kier molecular flexibility index (Phi) is 6.06. The molecule has 3 rings (SSSR count). The van der Waals surface area contributed by atoms with E-state index in [1.54, 1.807) is 4.90 Å². The number of ether oxygens (including phenoxy) is 2. The fourth-order valence-electron chi connectivity index (χ4n) is 3.74. The summed E-state index contributed by atoms with van der Waals surface area (Å²) in [5, 5.41) is 0. The topological polar surface area (TPSA) is 72.9 Å². The molecule has 1 aromatic carbocycles. The Morgan fingerprint density at radius 1 is 1.11 bits per heavy atom. The van der Waals surface area contributed by atoms with Gasteiger partial charge in [0.2, 0.25) is 0 Å². The number of likely N-dealkylation sites (tertiary alicyclic amines) is 1. The fraction of sp³-hybridized carbons (Fsp3) is 0.591. The summed E-state index contributed by atoms with van der Waals surface area (Å²) < 4.78 is 10.7. The van der Waals surface area contributed by atoms with Crippen molar-refractivity contribution in [2.45, 2.75) is 58.5 Å². The number of ketones is 1. The molecule has 6 nitrogen and oxygen atoms in total. The van der Waals surface area contributed by atoms with E-state index >= 15 is 0 Å². The van der Waals surface area contributed by atoms with Gasteiger partial charge in [0.15, 0.2) is 12.4 Å². The Balaban J connectivity index is 1.51. The number of amides is 1. The van der Waals surface area contributed by atoms with Gasteiger partial charge in [0.25, 0.3) is 0 Å². The number of esters is 1. The molecule has 0 bridgehead atoms. The van der Waals surface area contributed by atoms with Crippen LogP contribution in [0.15, 0.2) is 18.2 Å². The molecule has 28 heavy (non-hydrogen) atoms. The van der Waals surface area contributed by atoms with Crippen molar-refractivity contribution in [1.82, 2.24) is 4.90 Å². The molecule has 1 atom stereocenters. The highest BCUT2D eigenvalue weighted by Gasteiger charge is 2.32. The van der Waals surface area contributed by atoms with Crippen molar-refractivity contribution in [3.8, 4) is 0 Å². The maximum atomic E-state index is 12.4. The predicted octanol–water partition coefficient (Wildman–Crippen LogP) is 3.55. The summed E-state index contributed by atoms with van der Waals surface area (Å²) >= 11 is 0. The van der Waals surface area contributed by atoms with Gasteiger partial charge in [-0.25, -0.2) is 4.79 Å². The minimum Gasteiger partial charge on any atom is -0.457 e. The van der Waals surface area contributed by atoms with E-state index in [2.05, 4.69) is 0 Å². The molecule has 6 heteroatoms. The summed E-state index contributed by atoms with van der Waals surface area (Å²) in [5.41, 5.74) is 2.54. The number of Topliss-reactive ketones (excluding diaryl/α,β-unsaturated/α-hetero) is 1. The predicted molar refractivity (Wildman–Crippen MR) is 104 cm³/mol. The first kappa shape index (κ1) is 20.4. The van der Waals surface area contributed by atoms with Crippen LogP contribution in [0.3, 0.4) is 0 Å². The van der Waals surface area contributed by atoms with Gasteiger partial charge in [-0.1, -0.05) is 12.1 Å². The molecule has 1 heterocycles. The van der Waals surface area contributed by atoms with Gasteiger partial charge in [-0.05, 0) is 70.1 Å². The quantitative estimate of drug-likeness (QED) is 0.584. The lowest BCUT2D eigenvalue weighted by Crippen LogP contribution is -2.45. The minimum absolute atomic E-state index is 0.192. The van der Waals surface area contributed by atoms with E-state index in [-0.39, 0.29) is 18.9 Å². The van der Waals surface area contributed by atoms with Gasteiger partial charge in [-0.2, -0.15) is 0 Å². The second-order valence-electron chi connectivity index (χ2n) is 8.63. The van der Waals surface area contributed by atoms with Crippen LogP contribution in [0, 0.1) is 5.92 Å². The highest BCUT2D eigenvalue weighted by atomic mass is 16.6. The molecule has 1 unspecified atom stereocenters. The SMILES string of the molecule is CC(C)(C)OC(=O)N1CCCC(C(=O)OCC(=O)c2ccc3c(c2)CCC3)C1. The van der Waals surface area contributed by atoms with E-state index < -0.39 is 23.6 Å². The molecule has 2 aliphatic rings. The largest absolute Gasteiger partial charge is 0.457 e. The molecule has 1 fully saturated rings. The molecular weight excluding hydrogens is 358 g/mol. The average molecular weight is 387 g/mol. The second kappa shape index (κ2) is 8.33. The lowest BCUT2D eigenvalue weighted by atomic mass is 9.98. The van der Waals surface area contributed by atoms with Crippen molar-refractivity contribution < 1.29 is 23.9 Å². The van der Waals surface area contributed by atoms with Crippen LogP contribution in [0.4, 0.5) is 4.79 Å². The van der Waals surface area contributed by atoms with E-state index in [1.165, 1.54) is 11.1 Å². The number of carbonyl (C=O) groups is 3. The lowest BCUT2D eigenvalue weighted by Gasteiger charge is -2.33. The first-order chi connectivity index (χ1) is 13.2. The number of benzene rings is 1. The minimum atomic E-state index is -0.577. The summed E-state index contributed by atoms with van der Waals surface area (Å²) in [6.07, 6.45) is 4.12. The van der Waals surface area contributed by atoms with E-state index in [9.17, 15) is 14.4 Å². The molecule has 0 saturated carbocycles. The number of hydrogen-bond acceptors (Lipinski definition) is 5. The smallest absolute Gasteiger partial charge is 0.410 e. The Bertz CT molecular complexity index is 765. The summed E-state index contributed by atoms with van der Waals surface area (Å²) in [6, 6.07) is 5.73. The zero-order valence-electron chi connectivity index (χ0n) is 17.0. The van der Waals surface area contributed by atoms with Gasteiger partial charge in [0, 0.05) is 18.7 Å². The first-order valence-electron chi connectivity index (χ1n) is 10.0. The van der Waals surface area contributed by atoms with Gasteiger partial charge in [-0.3, -0.25) is 9.59 Å². The van der Waals surface area contributed by atoms with Crippen LogP contribution in [0.1, 0.15) is 61.5 Å². The van der Waals surface area contributed by atoms with E-state index in [1.807, 2.05) is 39.0 Å². The summed E-state index contributed by atoms with van der Waals surface area (Å²) in [6.45, 7) is 6.00. The lowest BCUT2D eigenvalue weighted by molar-refractivity contribution is -0.149. The standard InChI is InChI=1S/C22H29NO5/c1-22(2,3)28-21(26)23-11-5-8-18(13-23)20(25)27-14-19(24)17-10-9-15-6-4-7-16(15)12-17/h9-10,12,18H,4-8,11,13-14H2,1-3H3. The van der Waals surface area contributed by atoms with E-state index in [0.717, 1.165) is 19.3 Å². The van der Waals surface area contributed by atoms with Crippen molar-refractivity contribution in [3.63, 3.8) is 0 Å². The van der Waals surface area contributed by atoms with Gasteiger partial charge in [-0.15, -0.1) is 0 Å². The molecule has 1 aromatic rings. The number of nitrogens with zero attached hydrogens (tertiary/aromatic N) is 1. The van der Waals surface area contributed by atoms with Crippen molar-refractivity contribution >= 4 is 17.8 Å².